The Hall–Kier alpha value is -2.92. The van der Waals surface area contributed by atoms with Crippen LogP contribution in [0.4, 0.5) is 0 Å². The quantitative estimate of drug-likeness (QED) is 0.537. The van der Waals surface area contributed by atoms with Crippen molar-refractivity contribution in [2.24, 2.45) is 0 Å². The van der Waals surface area contributed by atoms with E-state index in [1.165, 1.54) is 3.97 Å². The van der Waals surface area contributed by atoms with E-state index in [9.17, 15) is 8.42 Å². The predicted molar refractivity (Wildman–Crippen MR) is 104 cm³/mol. The van der Waals surface area contributed by atoms with Gasteiger partial charge in [0.25, 0.3) is 10.0 Å². The second-order valence-electron chi connectivity index (χ2n) is 6.39. The Morgan fingerprint density at radius 1 is 0.885 bits per heavy atom. The van der Waals surface area contributed by atoms with E-state index >= 15 is 0 Å². The predicted octanol–water partition coefficient (Wildman–Crippen LogP) is 4.56. The molecule has 0 saturated heterocycles. The van der Waals surface area contributed by atoms with Gasteiger partial charge in [-0.15, -0.1) is 0 Å². The average molecular weight is 362 g/mol. The number of nitrogens with zero attached hydrogens (tertiary/aromatic N) is 2. The zero-order chi connectivity index (χ0) is 18.3. The third-order valence-corrected chi connectivity index (χ3v) is 6.14. The van der Waals surface area contributed by atoms with Gasteiger partial charge in [-0.05, 0) is 49.2 Å². The molecule has 0 aliphatic carbocycles. The molecule has 4 nitrogen and oxygen atoms in total. The first-order valence-electron chi connectivity index (χ1n) is 8.32. The number of hydrogen-bond acceptors (Lipinski definition) is 3. The molecule has 2 heterocycles. The Morgan fingerprint density at radius 3 is 2.38 bits per heavy atom. The van der Waals surface area contributed by atoms with E-state index < -0.39 is 10.0 Å². The van der Waals surface area contributed by atoms with Crippen LogP contribution in [0, 0.1) is 13.8 Å². The second kappa shape index (κ2) is 6.11. The van der Waals surface area contributed by atoms with Crippen LogP contribution in [0.3, 0.4) is 0 Å². The molecular weight excluding hydrogens is 344 g/mol. The zero-order valence-corrected chi connectivity index (χ0v) is 15.4. The van der Waals surface area contributed by atoms with E-state index in [2.05, 4.69) is 11.1 Å². The number of benzene rings is 2. The van der Waals surface area contributed by atoms with E-state index in [0.717, 1.165) is 27.6 Å². The minimum atomic E-state index is -3.69. The van der Waals surface area contributed by atoms with Gasteiger partial charge in [-0.25, -0.2) is 17.4 Å². The molecule has 4 rings (SSSR count). The molecule has 0 N–H and O–H groups in total. The van der Waals surface area contributed by atoms with Crippen molar-refractivity contribution in [3.8, 4) is 11.1 Å². The molecule has 0 fully saturated rings. The SMILES string of the molecule is Cc1ccc(S(=O)(=O)n2ccc3c(-c4cccc(C)c4)ccnc32)cc1. The van der Waals surface area contributed by atoms with Gasteiger partial charge in [0.1, 0.15) is 0 Å². The van der Waals surface area contributed by atoms with Crippen molar-refractivity contribution >= 4 is 21.1 Å². The molecule has 130 valence electrons. The Balaban J connectivity index is 1.91. The summed E-state index contributed by atoms with van der Waals surface area (Å²) in [6.45, 7) is 3.96. The summed E-state index contributed by atoms with van der Waals surface area (Å²) in [4.78, 5) is 4.60. The highest BCUT2D eigenvalue weighted by Gasteiger charge is 2.20. The molecule has 0 unspecified atom stereocenters. The molecule has 0 radical (unpaired) electrons. The van der Waals surface area contributed by atoms with Crippen LogP contribution in [0.25, 0.3) is 22.2 Å². The van der Waals surface area contributed by atoms with Gasteiger partial charge in [-0.3, -0.25) is 0 Å². The fourth-order valence-electron chi connectivity index (χ4n) is 3.10. The van der Waals surface area contributed by atoms with Gasteiger partial charge in [0.05, 0.1) is 4.90 Å². The minimum absolute atomic E-state index is 0.253. The molecule has 5 heteroatoms. The van der Waals surface area contributed by atoms with E-state index in [0.29, 0.717) is 5.65 Å². The minimum Gasteiger partial charge on any atom is -0.237 e. The maximum Gasteiger partial charge on any atom is 0.269 e. The third kappa shape index (κ3) is 2.70. The van der Waals surface area contributed by atoms with Crippen LogP contribution in [0.15, 0.2) is 78.0 Å². The average Bonchev–Trinajstić information content (AvgIpc) is 3.07. The molecule has 4 aromatic rings. The zero-order valence-electron chi connectivity index (χ0n) is 14.5. The first kappa shape index (κ1) is 16.5. The summed E-state index contributed by atoms with van der Waals surface area (Å²) in [5.74, 6) is 0. The van der Waals surface area contributed by atoms with Gasteiger partial charge in [-0.2, -0.15) is 0 Å². The largest absolute Gasteiger partial charge is 0.269 e. The maximum absolute atomic E-state index is 13.0. The Kier molecular flexibility index (Phi) is 3.89. The number of hydrogen-bond donors (Lipinski definition) is 0. The highest BCUT2D eigenvalue weighted by molar-refractivity contribution is 7.90. The van der Waals surface area contributed by atoms with Crippen LogP contribution in [0.5, 0.6) is 0 Å². The number of aromatic nitrogens is 2. The Labute approximate surface area is 152 Å². The molecule has 26 heavy (non-hydrogen) atoms. The molecule has 0 atom stereocenters. The van der Waals surface area contributed by atoms with Crippen molar-refractivity contribution in [3.63, 3.8) is 0 Å². The van der Waals surface area contributed by atoms with E-state index in [4.69, 9.17) is 0 Å². The summed E-state index contributed by atoms with van der Waals surface area (Å²) < 4.78 is 27.3. The normalized spacial score (nSPS) is 11.8. The van der Waals surface area contributed by atoms with Gasteiger partial charge in [0.15, 0.2) is 5.65 Å². The number of fused-ring (bicyclic) bond motifs is 1. The third-order valence-electron chi connectivity index (χ3n) is 4.46. The Morgan fingerprint density at radius 2 is 1.65 bits per heavy atom. The highest BCUT2D eigenvalue weighted by Crippen LogP contribution is 2.30. The lowest BCUT2D eigenvalue weighted by Crippen LogP contribution is -2.12. The van der Waals surface area contributed by atoms with E-state index in [-0.39, 0.29) is 4.90 Å². The summed E-state index contributed by atoms with van der Waals surface area (Å²) in [6.07, 6.45) is 3.23. The molecule has 0 bridgehead atoms. The monoisotopic (exact) mass is 362 g/mol. The molecule has 2 aromatic heterocycles. The van der Waals surface area contributed by atoms with E-state index in [1.54, 1.807) is 36.7 Å². The molecule has 0 spiro atoms. The molecule has 2 aromatic carbocycles. The van der Waals surface area contributed by atoms with Crippen molar-refractivity contribution in [1.82, 2.24) is 8.96 Å². The van der Waals surface area contributed by atoms with Gasteiger partial charge < -0.3 is 0 Å². The van der Waals surface area contributed by atoms with Crippen LogP contribution in [0.1, 0.15) is 11.1 Å². The van der Waals surface area contributed by atoms with Gasteiger partial charge in [0, 0.05) is 17.8 Å². The second-order valence-corrected chi connectivity index (χ2v) is 8.21. The van der Waals surface area contributed by atoms with Crippen molar-refractivity contribution in [1.29, 1.82) is 0 Å². The lowest BCUT2D eigenvalue weighted by atomic mass is 10.0. The number of pyridine rings is 1. The van der Waals surface area contributed by atoms with E-state index in [1.807, 2.05) is 44.2 Å². The number of aryl methyl sites for hydroxylation is 2. The molecule has 0 amide bonds. The highest BCUT2D eigenvalue weighted by atomic mass is 32.2. The summed E-state index contributed by atoms with van der Waals surface area (Å²) in [5, 5.41) is 0.814. The molecule has 0 aliphatic heterocycles. The maximum atomic E-state index is 13.0. The van der Waals surface area contributed by atoms with Crippen molar-refractivity contribution < 1.29 is 8.42 Å². The fraction of sp³-hybridized carbons (Fsp3) is 0.0952. The smallest absolute Gasteiger partial charge is 0.237 e. The van der Waals surface area contributed by atoms with Crippen molar-refractivity contribution in [2.75, 3.05) is 0 Å². The lowest BCUT2D eigenvalue weighted by Gasteiger charge is -2.09. The van der Waals surface area contributed by atoms with Crippen LogP contribution in [-0.4, -0.2) is 17.4 Å². The van der Waals surface area contributed by atoms with Gasteiger partial charge in [0.2, 0.25) is 0 Å². The molecule has 0 aliphatic rings. The van der Waals surface area contributed by atoms with Crippen LogP contribution in [-0.2, 0) is 10.0 Å². The Bertz CT molecular complexity index is 1210. The molecule has 0 saturated carbocycles. The first-order chi connectivity index (χ1) is 12.5. The number of rotatable bonds is 3. The van der Waals surface area contributed by atoms with Crippen molar-refractivity contribution in [2.45, 2.75) is 18.7 Å². The summed E-state index contributed by atoms with van der Waals surface area (Å²) in [6, 6.07) is 18.7. The molecular formula is C21H18N2O2S. The van der Waals surface area contributed by atoms with Gasteiger partial charge >= 0.3 is 0 Å². The fourth-order valence-corrected chi connectivity index (χ4v) is 4.40. The van der Waals surface area contributed by atoms with Crippen LogP contribution in [0.2, 0.25) is 0 Å². The van der Waals surface area contributed by atoms with Crippen LogP contribution < -0.4 is 0 Å². The lowest BCUT2D eigenvalue weighted by molar-refractivity contribution is 0.589. The first-order valence-corrected chi connectivity index (χ1v) is 9.76. The van der Waals surface area contributed by atoms with Crippen LogP contribution >= 0.6 is 0 Å². The topological polar surface area (TPSA) is 52.0 Å². The van der Waals surface area contributed by atoms with Crippen molar-refractivity contribution in [3.05, 3.63) is 84.2 Å². The summed E-state index contributed by atoms with van der Waals surface area (Å²) in [5.41, 5.74) is 4.62. The van der Waals surface area contributed by atoms with Gasteiger partial charge in [-0.1, -0.05) is 47.5 Å². The standard InChI is InChI=1S/C21H18N2O2S/c1-15-6-8-18(9-7-15)26(24,25)23-13-11-20-19(10-12-22-21(20)23)17-5-3-4-16(2)14-17/h3-14H,1-2H3. The summed E-state index contributed by atoms with van der Waals surface area (Å²) >= 11 is 0. The summed E-state index contributed by atoms with van der Waals surface area (Å²) in [7, 11) is -3.69.